The summed E-state index contributed by atoms with van der Waals surface area (Å²) in [5, 5.41) is 121. The number of nitrogens with one attached hydrogen (secondary N) is 1. The number of amides is 1. The summed E-state index contributed by atoms with van der Waals surface area (Å²) in [4.78, 5) is 13.5. The predicted molar refractivity (Wildman–Crippen MR) is 434 cm³/mol. The van der Waals surface area contributed by atoms with Crippen molar-refractivity contribution in [2.75, 3.05) is 26.4 Å². The molecular weight excluding hydrogens is 1370 g/mol. The van der Waals surface area contributed by atoms with Crippen molar-refractivity contribution >= 4 is 5.91 Å². The summed E-state index contributed by atoms with van der Waals surface area (Å²) in [7, 11) is 0. The molecule has 3 fully saturated rings. The molecule has 3 rings (SSSR count). The lowest BCUT2D eigenvalue weighted by Crippen LogP contribution is -2.66. The molecule has 0 bridgehead atoms. The molecule has 626 valence electrons. The molecule has 0 radical (unpaired) electrons. The zero-order valence-corrected chi connectivity index (χ0v) is 67.3. The summed E-state index contributed by atoms with van der Waals surface area (Å²) in [6.45, 7) is 1.63. The normalized spacial score (nSPS) is 25.9. The van der Waals surface area contributed by atoms with E-state index in [0.717, 1.165) is 77.0 Å². The summed E-state index contributed by atoms with van der Waals surface area (Å²) in [5.74, 6) is -0.286. The van der Waals surface area contributed by atoms with Crippen molar-refractivity contribution < 1.29 is 89.4 Å². The number of unbranched alkanes of at least 4 members (excludes halogenated alkanes) is 39. The van der Waals surface area contributed by atoms with Crippen LogP contribution in [0, 0.1) is 0 Å². The third kappa shape index (κ3) is 46.8. The number of aliphatic hydroxyl groups excluding tert-OH is 11. The van der Waals surface area contributed by atoms with Gasteiger partial charge in [-0.05, 0) is 89.9 Å². The largest absolute Gasteiger partial charge is 0.394 e. The number of hydrogen-bond donors (Lipinski definition) is 12. The van der Waals surface area contributed by atoms with Crippen LogP contribution in [0.3, 0.4) is 0 Å². The van der Waals surface area contributed by atoms with Crippen LogP contribution in [0.2, 0.25) is 0 Å². The molecule has 19 nitrogen and oxygen atoms in total. The lowest BCUT2D eigenvalue weighted by molar-refractivity contribution is -0.379. The van der Waals surface area contributed by atoms with Gasteiger partial charge >= 0.3 is 0 Å². The molecular formula is C89H157NO18. The molecule has 19 heteroatoms. The summed E-state index contributed by atoms with van der Waals surface area (Å²) in [6.07, 6.45) is 67.0. The van der Waals surface area contributed by atoms with Crippen LogP contribution in [0.25, 0.3) is 0 Å². The summed E-state index contributed by atoms with van der Waals surface area (Å²) < 4.78 is 34.5. The van der Waals surface area contributed by atoms with Crippen molar-refractivity contribution in [3.8, 4) is 0 Å². The summed E-state index contributed by atoms with van der Waals surface area (Å²) >= 11 is 0. The standard InChI is InChI=1S/C89H157NO18/c1-3-5-7-9-11-13-15-17-19-21-23-25-27-29-30-31-32-33-34-35-36-37-38-39-40-41-42-43-45-47-49-51-53-55-57-59-61-63-65-67-77(95)90-72(73(94)66-64-62-60-58-56-54-52-50-48-46-44-28-26-24-22-20-18-16-14-12-10-8-6-4-2)71-103-87-83(101)80(98)85(75(69-92)105-87)108-89-84(102)81(99)86(76(70-93)106-89)107-88-82(100)79(97)78(96)74(68-91)104-88/h5,7,11,13,17,19,23,25,29-30,48,50,56,58,64,66,72-76,78-89,91-94,96-102H,3-4,6,8-10,12,14-16,18,20-22,24,26-28,31-47,49,51-55,57,59-63,65,67-71H2,1-2H3,(H,90,95)/b7-5-,13-11-,19-17-,25-23-,30-29-,50-48+,58-56+,66-64+. The molecule has 0 aromatic rings. The van der Waals surface area contributed by atoms with E-state index in [2.05, 4.69) is 104 Å². The highest BCUT2D eigenvalue weighted by Gasteiger charge is 2.54. The SMILES string of the molecule is CC/C=C\C/C=C\C/C=C\C/C=C\C/C=C\CCCCCCCCCCCCCCCCCCCCCCCCCC(=O)NC(COC1OC(CO)C(OC2OC(CO)C(OC3OC(CO)C(O)C(O)C3O)C(O)C2O)C(O)C1O)C(O)/C=C/CC/C=C/CC/C=C/CCCCCCCCCCCCCCCC. The zero-order valence-electron chi connectivity index (χ0n) is 67.3. The van der Waals surface area contributed by atoms with Crippen molar-refractivity contribution in [2.45, 2.75) is 433 Å². The Bertz CT molecular complexity index is 2330. The first-order valence-electron chi connectivity index (χ1n) is 43.5. The summed E-state index contributed by atoms with van der Waals surface area (Å²) in [6, 6.07) is -1.00. The maximum absolute atomic E-state index is 13.5. The van der Waals surface area contributed by atoms with Crippen LogP contribution in [0.15, 0.2) is 97.2 Å². The van der Waals surface area contributed by atoms with Crippen molar-refractivity contribution in [1.29, 1.82) is 0 Å². The smallest absolute Gasteiger partial charge is 0.220 e. The first-order valence-corrected chi connectivity index (χ1v) is 43.5. The van der Waals surface area contributed by atoms with Gasteiger partial charge in [0, 0.05) is 6.42 Å². The molecule has 0 aromatic heterocycles. The van der Waals surface area contributed by atoms with Crippen molar-refractivity contribution in [3.05, 3.63) is 97.2 Å². The lowest BCUT2D eigenvalue weighted by Gasteiger charge is -2.48. The Balaban J connectivity index is 1.33. The van der Waals surface area contributed by atoms with Gasteiger partial charge in [-0.25, -0.2) is 0 Å². The van der Waals surface area contributed by atoms with E-state index in [9.17, 15) is 61.0 Å². The molecule has 1 amide bonds. The minimum Gasteiger partial charge on any atom is -0.394 e. The second-order valence-electron chi connectivity index (χ2n) is 30.6. The van der Waals surface area contributed by atoms with E-state index in [0.29, 0.717) is 12.8 Å². The van der Waals surface area contributed by atoms with Crippen molar-refractivity contribution in [3.63, 3.8) is 0 Å². The van der Waals surface area contributed by atoms with E-state index in [1.54, 1.807) is 6.08 Å². The van der Waals surface area contributed by atoms with E-state index in [-0.39, 0.29) is 18.9 Å². The third-order valence-electron chi connectivity index (χ3n) is 21.1. The first kappa shape index (κ1) is 98.9. The van der Waals surface area contributed by atoms with Gasteiger partial charge in [-0.15, -0.1) is 0 Å². The fourth-order valence-corrected chi connectivity index (χ4v) is 14.2. The highest BCUT2D eigenvalue weighted by Crippen LogP contribution is 2.33. The maximum atomic E-state index is 13.5. The molecule has 3 aliphatic heterocycles. The average Bonchev–Trinajstić information content (AvgIpc) is 0.775. The minimum absolute atomic E-state index is 0.232. The van der Waals surface area contributed by atoms with Gasteiger partial charge in [0.05, 0.1) is 38.6 Å². The highest BCUT2D eigenvalue weighted by molar-refractivity contribution is 5.76. The van der Waals surface area contributed by atoms with Crippen molar-refractivity contribution in [2.24, 2.45) is 0 Å². The molecule has 0 spiro atoms. The molecule has 3 heterocycles. The van der Waals surface area contributed by atoms with Gasteiger partial charge in [-0.1, -0.05) is 329 Å². The van der Waals surface area contributed by atoms with Gasteiger partial charge < -0.3 is 89.9 Å². The molecule has 108 heavy (non-hydrogen) atoms. The Morgan fingerprint density at radius 1 is 0.343 bits per heavy atom. The molecule has 0 aromatic carbocycles. The molecule has 3 saturated heterocycles. The Hall–Kier alpha value is -3.29. The third-order valence-corrected chi connectivity index (χ3v) is 21.1. The molecule has 17 atom stereocenters. The Kier molecular flexibility index (Phi) is 62.4. The number of carbonyl (C=O) groups is 1. The number of carbonyl (C=O) groups excluding carboxylic acids is 1. The first-order chi connectivity index (χ1) is 52.8. The maximum Gasteiger partial charge on any atom is 0.220 e. The van der Waals surface area contributed by atoms with Gasteiger partial charge in [-0.2, -0.15) is 0 Å². The minimum atomic E-state index is -1.99. The predicted octanol–water partition coefficient (Wildman–Crippen LogP) is 15.9. The van der Waals surface area contributed by atoms with E-state index in [4.69, 9.17) is 28.4 Å². The van der Waals surface area contributed by atoms with E-state index < -0.39 is 124 Å². The van der Waals surface area contributed by atoms with E-state index >= 15 is 0 Å². The van der Waals surface area contributed by atoms with Gasteiger partial charge in [0.1, 0.15) is 73.2 Å². The average molecular weight is 1530 g/mol. The van der Waals surface area contributed by atoms with Crippen LogP contribution < -0.4 is 5.32 Å². The van der Waals surface area contributed by atoms with Crippen LogP contribution in [0.4, 0.5) is 0 Å². The lowest BCUT2D eigenvalue weighted by atomic mass is 9.96. The molecule has 0 aliphatic carbocycles. The van der Waals surface area contributed by atoms with E-state index in [1.807, 2.05) is 6.08 Å². The molecule has 17 unspecified atom stereocenters. The Morgan fingerprint density at radius 2 is 0.648 bits per heavy atom. The molecule has 12 N–H and O–H groups in total. The van der Waals surface area contributed by atoms with Gasteiger partial charge in [0.25, 0.3) is 0 Å². The number of rotatable bonds is 69. The fourth-order valence-electron chi connectivity index (χ4n) is 14.2. The van der Waals surface area contributed by atoms with Gasteiger partial charge in [-0.3, -0.25) is 4.79 Å². The topological polar surface area (TPSA) is 307 Å². The van der Waals surface area contributed by atoms with Crippen LogP contribution in [0.1, 0.15) is 328 Å². The number of aliphatic hydroxyl groups is 11. The van der Waals surface area contributed by atoms with Gasteiger partial charge in [0.15, 0.2) is 18.9 Å². The fraction of sp³-hybridized carbons (Fsp3) is 0.809. The zero-order chi connectivity index (χ0) is 78.1. The van der Waals surface area contributed by atoms with Crippen LogP contribution >= 0.6 is 0 Å². The second-order valence-corrected chi connectivity index (χ2v) is 30.6. The Labute approximate surface area is 653 Å². The number of allylic oxidation sites excluding steroid dienone is 15. The summed E-state index contributed by atoms with van der Waals surface area (Å²) in [5.41, 5.74) is 0. The van der Waals surface area contributed by atoms with Gasteiger partial charge in [0.2, 0.25) is 5.91 Å². The van der Waals surface area contributed by atoms with Crippen LogP contribution in [-0.2, 0) is 33.2 Å². The second kappa shape index (κ2) is 68.1. The number of ether oxygens (including phenoxy) is 6. The molecule has 0 saturated carbocycles. The quantitative estimate of drug-likeness (QED) is 0.0199. The molecule has 3 aliphatic rings. The number of hydrogen-bond acceptors (Lipinski definition) is 18. The van der Waals surface area contributed by atoms with Crippen LogP contribution in [0.5, 0.6) is 0 Å². The van der Waals surface area contributed by atoms with Crippen LogP contribution in [-0.4, -0.2) is 193 Å². The Morgan fingerprint density at radius 3 is 1.04 bits per heavy atom. The monoisotopic (exact) mass is 1530 g/mol. The highest BCUT2D eigenvalue weighted by atomic mass is 16.8. The van der Waals surface area contributed by atoms with E-state index in [1.165, 1.54) is 218 Å². The van der Waals surface area contributed by atoms with Crippen molar-refractivity contribution in [1.82, 2.24) is 5.32 Å².